The van der Waals surface area contributed by atoms with Crippen LogP contribution in [0, 0.1) is 20.9 Å². The van der Waals surface area contributed by atoms with Crippen LogP contribution in [0.3, 0.4) is 0 Å². The van der Waals surface area contributed by atoms with Gasteiger partial charge in [0, 0.05) is 54.9 Å². The standard InChI is InChI=1S/C31H33NO7/c1-30(2)13-21(33)28-25(15-30)39-26-16-31(3,4)14-22(34)29(26)27(28)19-8-11-23(24(12-19)37-5)38-17-18-6-9-20(10-7-18)32(35)36/h6-12,27H,13-17H2,1-5H3. The van der Waals surface area contributed by atoms with E-state index in [1.165, 1.54) is 12.1 Å². The third-order valence-electron chi connectivity index (χ3n) is 7.64. The fraction of sp³-hybridized carbons (Fsp3) is 0.419. The molecule has 1 heterocycles. The first-order valence-electron chi connectivity index (χ1n) is 13.1. The number of methoxy groups -OCH3 is 1. The lowest BCUT2D eigenvalue weighted by Gasteiger charge is -2.42. The first kappa shape index (κ1) is 26.7. The molecule has 0 saturated carbocycles. The molecule has 0 amide bonds. The van der Waals surface area contributed by atoms with Gasteiger partial charge in [0.1, 0.15) is 18.1 Å². The number of benzene rings is 2. The van der Waals surface area contributed by atoms with Crippen molar-refractivity contribution in [2.45, 2.75) is 65.9 Å². The lowest BCUT2D eigenvalue weighted by molar-refractivity contribution is -0.384. The molecule has 8 nitrogen and oxygen atoms in total. The Hall–Kier alpha value is -3.94. The van der Waals surface area contributed by atoms with Gasteiger partial charge in [-0.15, -0.1) is 0 Å². The molecule has 0 spiro atoms. The van der Waals surface area contributed by atoms with Gasteiger partial charge in [0.2, 0.25) is 0 Å². The Morgan fingerprint density at radius 2 is 1.44 bits per heavy atom. The summed E-state index contributed by atoms with van der Waals surface area (Å²) in [5, 5.41) is 10.9. The highest BCUT2D eigenvalue weighted by Gasteiger charge is 2.47. The van der Waals surface area contributed by atoms with E-state index in [-0.39, 0.29) is 34.7 Å². The first-order valence-corrected chi connectivity index (χ1v) is 13.1. The maximum atomic E-state index is 13.5. The second-order valence-corrected chi connectivity index (χ2v) is 12.2. The highest BCUT2D eigenvalue weighted by Crippen LogP contribution is 2.53. The molecule has 5 rings (SSSR count). The van der Waals surface area contributed by atoms with Crippen molar-refractivity contribution < 1.29 is 28.7 Å². The van der Waals surface area contributed by atoms with E-state index in [4.69, 9.17) is 14.2 Å². The number of ether oxygens (including phenoxy) is 3. The number of carbonyl (C=O) groups excluding carboxylic acids is 2. The van der Waals surface area contributed by atoms with E-state index in [1.807, 2.05) is 12.1 Å². The molecule has 2 aromatic carbocycles. The van der Waals surface area contributed by atoms with Gasteiger partial charge in [0.05, 0.1) is 12.0 Å². The van der Waals surface area contributed by atoms with E-state index in [0.29, 0.717) is 59.8 Å². The molecule has 2 aliphatic carbocycles. The summed E-state index contributed by atoms with van der Waals surface area (Å²) >= 11 is 0. The fourth-order valence-corrected chi connectivity index (χ4v) is 5.87. The molecular weight excluding hydrogens is 498 g/mol. The van der Waals surface area contributed by atoms with Crippen LogP contribution in [0.4, 0.5) is 5.69 Å². The molecule has 3 aliphatic rings. The summed E-state index contributed by atoms with van der Waals surface area (Å²) in [5.41, 5.74) is 2.26. The first-order chi connectivity index (χ1) is 18.4. The van der Waals surface area contributed by atoms with Crippen LogP contribution in [0.1, 0.15) is 70.4 Å². The SMILES string of the molecule is COc1cc(C2C3=C(CC(C)(C)CC3=O)OC3=C2C(=O)CC(C)(C)C3)ccc1OCc1ccc([N+](=O)[O-])cc1. The quantitative estimate of drug-likeness (QED) is 0.306. The largest absolute Gasteiger partial charge is 0.493 e. The van der Waals surface area contributed by atoms with Crippen LogP contribution in [0.25, 0.3) is 0 Å². The molecule has 0 N–H and O–H groups in total. The molecule has 0 unspecified atom stereocenters. The zero-order chi connectivity index (χ0) is 28.1. The normalized spacial score (nSPS) is 20.2. The summed E-state index contributed by atoms with van der Waals surface area (Å²) in [5.74, 6) is 1.79. The number of Topliss-reactive ketones (excluding diaryl/α,β-unsaturated/α-hetero) is 2. The van der Waals surface area contributed by atoms with Gasteiger partial charge in [-0.1, -0.05) is 33.8 Å². The maximum Gasteiger partial charge on any atom is 0.269 e. The van der Waals surface area contributed by atoms with Gasteiger partial charge >= 0.3 is 0 Å². The number of nitrogens with zero attached hydrogens (tertiary/aromatic N) is 1. The van der Waals surface area contributed by atoms with Gasteiger partial charge < -0.3 is 14.2 Å². The lowest BCUT2D eigenvalue weighted by Crippen LogP contribution is -2.37. The number of nitro benzene ring substituents is 1. The van der Waals surface area contributed by atoms with Crippen molar-refractivity contribution in [3.8, 4) is 11.5 Å². The number of nitro groups is 1. The minimum atomic E-state index is -0.520. The second-order valence-electron chi connectivity index (χ2n) is 12.2. The van der Waals surface area contributed by atoms with Gasteiger partial charge in [-0.2, -0.15) is 0 Å². The molecule has 8 heteroatoms. The molecule has 0 fully saturated rings. The Bertz CT molecular complexity index is 1380. The van der Waals surface area contributed by atoms with Crippen molar-refractivity contribution in [3.63, 3.8) is 0 Å². The van der Waals surface area contributed by atoms with Crippen LogP contribution in [-0.4, -0.2) is 23.6 Å². The summed E-state index contributed by atoms with van der Waals surface area (Å²) < 4.78 is 18.0. The van der Waals surface area contributed by atoms with E-state index < -0.39 is 10.8 Å². The van der Waals surface area contributed by atoms with Crippen molar-refractivity contribution >= 4 is 17.3 Å². The molecule has 0 atom stereocenters. The van der Waals surface area contributed by atoms with Gasteiger partial charge in [-0.3, -0.25) is 19.7 Å². The van der Waals surface area contributed by atoms with Crippen LogP contribution >= 0.6 is 0 Å². The van der Waals surface area contributed by atoms with Crippen molar-refractivity contribution in [2.75, 3.05) is 7.11 Å². The molecule has 0 saturated heterocycles. The number of rotatable bonds is 6. The molecule has 0 bridgehead atoms. The number of allylic oxidation sites excluding steroid dienone is 4. The highest BCUT2D eigenvalue weighted by atomic mass is 16.6. The van der Waals surface area contributed by atoms with Gasteiger partial charge in [0.15, 0.2) is 23.1 Å². The molecule has 0 aromatic heterocycles. The topological polar surface area (TPSA) is 105 Å². The van der Waals surface area contributed by atoms with E-state index in [9.17, 15) is 19.7 Å². The minimum absolute atomic E-state index is 0.00731. The molecule has 2 aromatic rings. The number of hydrogen-bond donors (Lipinski definition) is 0. The maximum absolute atomic E-state index is 13.5. The second kappa shape index (κ2) is 9.67. The molecule has 204 valence electrons. The minimum Gasteiger partial charge on any atom is -0.493 e. The highest BCUT2D eigenvalue weighted by molar-refractivity contribution is 6.06. The van der Waals surface area contributed by atoms with Crippen LogP contribution in [0.2, 0.25) is 0 Å². The molecule has 39 heavy (non-hydrogen) atoms. The van der Waals surface area contributed by atoms with Crippen LogP contribution in [-0.2, 0) is 20.9 Å². The van der Waals surface area contributed by atoms with E-state index >= 15 is 0 Å². The van der Waals surface area contributed by atoms with Crippen molar-refractivity contribution in [1.29, 1.82) is 0 Å². The van der Waals surface area contributed by atoms with Gasteiger partial charge in [0.25, 0.3) is 5.69 Å². The predicted molar refractivity (Wildman–Crippen MR) is 144 cm³/mol. The summed E-state index contributed by atoms with van der Waals surface area (Å²) in [4.78, 5) is 37.5. The number of carbonyl (C=O) groups is 2. The summed E-state index contributed by atoms with van der Waals surface area (Å²) in [6.07, 6.45) is 2.04. The zero-order valence-corrected chi connectivity index (χ0v) is 23.0. The average Bonchev–Trinajstić information content (AvgIpc) is 2.84. The predicted octanol–water partition coefficient (Wildman–Crippen LogP) is 6.58. The average molecular weight is 532 g/mol. The Balaban J connectivity index is 1.51. The monoisotopic (exact) mass is 531 g/mol. The third kappa shape index (κ3) is 5.20. The van der Waals surface area contributed by atoms with Crippen molar-refractivity contribution in [1.82, 2.24) is 0 Å². The molecule has 0 radical (unpaired) electrons. The Labute approximate surface area is 227 Å². The molecule has 1 aliphatic heterocycles. The van der Waals surface area contributed by atoms with Gasteiger partial charge in [-0.25, -0.2) is 0 Å². The van der Waals surface area contributed by atoms with Crippen LogP contribution in [0.15, 0.2) is 65.1 Å². The van der Waals surface area contributed by atoms with Crippen molar-refractivity contribution in [2.24, 2.45) is 10.8 Å². The lowest BCUT2D eigenvalue weighted by atomic mass is 9.65. The van der Waals surface area contributed by atoms with Gasteiger partial charge in [-0.05, 0) is 46.2 Å². The summed E-state index contributed by atoms with van der Waals surface area (Å²) in [7, 11) is 1.54. The van der Waals surface area contributed by atoms with E-state index in [2.05, 4.69) is 27.7 Å². The third-order valence-corrected chi connectivity index (χ3v) is 7.64. The molecular formula is C31H33NO7. The van der Waals surface area contributed by atoms with E-state index in [0.717, 1.165) is 11.1 Å². The Morgan fingerprint density at radius 3 is 1.95 bits per heavy atom. The van der Waals surface area contributed by atoms with Crippen molar-refractivity contribution in [3.05, 3.63) is 86.4 Å². The summed E-state index contributed by atoms with van der Waals surface area (Å²) in [6.45, 7) is 8.44. The number of ketones is 2. The Kier molecular flexibility index (Phi) is 6.61. The van der Waals surface area contributed by atoms with Crippen LogP contribution in [0.5, 0.6) is 11.5 Å². The fourth-order valence-electron chi connectivity index (χ4n) is 5.87. The number of non-ortho nitro benzene ring substituents is 1. The Morgan fingerprint density at radius 1 is 0.872 bits per heavy atom. The number of hydrogen-bond acceptors (Lipinski definition) is 7. The van der Waals surface area contributed by atoms with E-state index in [1.54, 1.807) is 25.3 Å². The summed E-state index contributed by atoms with van der Waals surface area (Å²) in [6, 6.07) is 11.7. The smallest absolute Gasteiger partial charge is 0.269 e. The van der Waals surface area contributed by atoms with Crippen LogP contribution < -0.4 is 9.47 Å². The zero-order valence-electron chi connectivity index (χ0n) is 23.0.